The van der Waals surface area contributed by atoms with Gasteiger partial charge in [0.1, 0.15) is 18.4 Å². The summed E-state index contributed by atoms with van der Waals surface area (Å²) in [5.41, 5.74) is 7.06. The minimum absolute atomic E-state index is 0.0339. The molecule has 126 valence electrons. The highest BCUT2D eigenvalue weighted by molar-refractivity contribution is 6.34. The van der Waals surface area contributed by atoms with Gasteiger partial charge in [0, 0.05) is 18.8 Å². The largest absolute Gasteiger partial charge is 0.492 e. The molecule has 1 unspecified atom stereocenters. The lowest BCUT2D eigenvalue weighted by atomic mass is 10.2. The van der Waals surface area contributed by atoms with Crippen LogP contribution in [0.15, 0.2) is 48.5 Å². The molecule has 1 aliphatic rings. The number of nitrogens with zero attached hydrogens (tertiary/aromatic N) is 1. The molecule has 1 heterocycles. The Morgan fingerprint density at radius 3 is 2.67 bits per heavy atom. The van der Waals surface area contributed by atoms with Crippen molar-refractivity contribution in [3.63, 3.8) is 0 Å². The minimum Gasteiger partial charge on any atom is -0.492 e. The number of halogens is 1. The van der Waals surface area contributed by atoms with Crippen LogP contribution < -0.4 is 20.7 Å². The zero-order valence-corrected chi connectivity index (χ0v) is 14.0. The summed E-state index contributed by atoms with van der Waals surface area (Å²) >= 11 is 6.20. The van der Waals surface area contributed by atoms with E-state index in [1.165, 1.54) is 0 Å². The topological polar surface area (TPSA) is 67.6 Å². The van der Waals surface area contributed by atoms with Gasteiger partial charge < -0.3 is 20.7 Å². The SMILES string of the molecule is NCCOc1ccc(NC2CCN(c3ccccc3Cl)C2=O)cc1. The van der Waals surface area contributed by atoms with E-state index in [1.54, 1.807) is 11.0 Å². The van der Waals surface area contributed by atoms with Crippen LogP contribution in [-0.4, -0.2) is 31.6 Å². The molecule has 2 aromatic carbocycles. The van der Waals surface area contributed by atoms with Gasteiger partial charge in [-0.1, -0.05) is 23.7 Å². The number of carbonyl (C=O) groups excluding carboxylic acids is 1. The molecule has 3 rings (SSSR count). The molecule has 0 spiro atoms. The van der Waals surface area contributed by atoms with Crippen molar-refractivity contribution in [2.24, 2.45) is 5.73 Å². The van der Waals surface area contributed by atoms with E-state index >= 15 is 0 Å². The smallest absolute Gasteiger partial charge is 0.249 e. The van der Waals surface area contributed by atoms with Gasteiger partial charge in [0.15, 0.2) is 0 Å². The molecule has 1 fully saturated rings. The monoisotopic (exact) mass is 345 g/mol. The summed E-state index contributed by atoms with van der Waals surface area (Å²) in [7, 11) is 0. The molecule has 2 aromatic rings. The Balaban J connectivity index is 1.64. The molecule has 0 radical (unpaired) electrons. The summed E-state index contributed by atoms with van der Waals surface area (Å²) in [4.78, 5) is 14.4. The summed E-state index contributed by atoms with van der Waals surface area (Å²) < 4.78 is 5.45. The Hall–Kier alpha value is -2.24. The first-order valence-corrected chi connectivity index (χ1v) is 8.32. The Morgan fingerprint density at radius 2 is 1.96 bits per heavy atom. The minimum atomic E-state index is -0.253. The Morgan fingerprint density at radius 1 is 1.21 bits per heavy atom. The molecule has 1 atom stereocenters. The number of hydrogen-bond acceptors (Lipinski definition) is 4. The van der Waals surface area contributed by atoms with Crippen LogP contribution in [0.2, 0.25) is 5.02 Å². The van der Waals surface area contributed by atoms with Gasteiger partial charge in [-0.2, -0.15) is 0 Å². The summed E-state index contributed by atoms with van der Waals surface area (Å²) in [6, 6.07) is 14.7. The van der Waals surface area contributed by atoms with Gasteiger partial charge in [-0.3, -0.25) is 4.79 Å². The number of nitrogens with two attached hydrogens (primary N) is 1. The van der Waals surface area contributed by atoms with Crippen molar-refractivity contribution in [3.05, 3.63) is 53.6 Å². The molecule has 24 heavy (non-hydrogen) atoms. The number of carbonyl (C=O) groups is 1. The summed E-state index contributed by atoms with van der Waals surface area (Å²) in [5.74, 6) is 0.799. The lowest BCUT2D eigenvalue weighted by Crippen LogP contribution is -2.33. The summed E-state index contributed by atoms with van der Waals surface area (Å²) in [6.45, 7) is 1.62. The van der Waals surface area contributed by atoms with Crippen molar-refractivity contribution in [3.8, 4) is 5.75 Å². The molecule has 0 bridgehead atoms. The number of hydrogen-bond donors (Lipinski definition) is 2. The van der Waals surface area contributed by atoms with E-state index in [4.69, 9.17) is 22.1 Å². The van der Waals surface area contributed by atoms with E-state index in [2.05, 4.69) is 5.32 Å². The van der Waals surface area contributed by atoms with Crippen LogP contribution in [-0.2, 0) is 4.79 Å². The first-order chi connectivity index (χ1) is 11.7. The third-order valence-corrected chi connectivity index (χ3v) is 4.25. The number of para-hydroxylation sites is 1. The fraction of sp³-hybridized carbons (Fsp3) is 0.278. The number of benzene rings is 2. The molecule has 0 aromatic heterocycles. The number of rotatable bonds is 6. The van der Waals surface area contributed by atoms with Crippen molar-refractivity contribution < 1.29 is 9.53 Å². The van der Waals surface area contributed by atoms with Crippen molar-refractivity contribution in [1.82, 2.24) is 0 Å². The molecular weight excluding hydrogens is 326 g/mol. The molecular formula is C18H20ClN3O2. The van der Waals surface area contributed by atoms with Gasteiger partial charge in [0.05, 0.1) is 10.7 Å². The second-order valence-electron chi connectivity index (χ2n) is 5.59. The molecule has 1 saturated heterocycles. The van der Waals surface area contributed by atoms with Gasteiger partial charge in [0.2, 0.25) is 5.91 Å². The quantitative estimate of drug-likeness (QED) is 0.844. The van der Waals surface area contributed by atoms with Gasteiger partial charge in [-0.05, 0) is 42.8 Å². The van der Waals surface area contributed by atoms with Crippen molar-refractivity contribution in [2.75, 3.05) is 29.9 Å². The van der Waals surface area contributed by atoms with Gasteiger partial charge in [0.25, 0.3) is 0 Å². The van der Waals surface area contributed by atoms with E-state index in [0.29, 0.717) is 24.7 Å². The fourth-order valence-corrected chi connectivity index (χ4v) is 2.99. The maximum absolute atomic E-state index is 12.6. The second-order valence-corrected chi connectivity index (χ2v) is 6.00. The normalized spacial score (nSPS) is 17.2. The van der Waals surface area contributed by atoms with Crippen molar-refractivity contribution in [2.45, 2.75) is 12.5 Å². The van der Waals surface area contributed by atoms with Gasteiger partial charge >= 0.3 is 0 Å². The zero-order valence-electron chi connectivity index (χ0n) is 13.2. The lowest BCUT2D eigenvalue weighted by molar-refractivity contribution is -0.117. The third-order valence-electron chi connectivity index (χ3n) is 3.93. The van der Waals surface area contributed by atoms with Crippen molar-refractivity contribution in [1.29, 1.82) is 0 Å². The molecule has 5 nitrogen and oxygen atoms in total. The molecule has 3 N–H and O–H groups in total. The maximum atomic E-state index is 12.6. The average Bonchev–Trinajstić information content (AvgIpc) is 2.95. The van der Waals surface area contributed by atoms with Crippen LogP contribution in [0.3, 0.4) is 0 Å². The standard InChI is InChI=1S/C18H20ClN3O2/c19-15-3-1-2-4-17(15)22-11-9-16(18(22)23)21-13-5-7-14(8-6-13)24-12-10-20/h1-8,16,21H,9-12,20H2. The van der Waals surface area contributed by atoms with Gasteiger partial charge in [-0.15, -0.1) is 0 Å². The first kappa shape index (κ1) is 16.6. The van der Waals surface area contributed by atoms with Crippen LogP contribution in [0, 0.1) is 0 Å². The molecule has 1 amide bonds. The highest BCUT2D eigenvalue weighted by Gasteiger charge is 2.33. The zero-order chi connectivity index (χ0) is 16.9. The Labute approximate surface area is 146 Å². The van der Waals surface area contributed by atoms with E-state index in [-0.39, 0.29) is 11.9 Å². The summed E-state index contributed by atoms with van der Waals surface area (Å²) in [6.07, 6.45) is 0.732. The maximum Gasteiger partial charge on any atom is 0.249 e. The average molecular weight is 346 g/mol. The Bertz CT molecular complexity index is 706. The second kappa shape index (κ2) is 7.55. The number of nitrogens with one attached hydrogen (secondary N) is 1. The first-order valence-electron chi connectivity index (χ1n) is 7.94. The summed E-state index contributed by atoms with van der Waals surface area (Å²) in [5, 5.41) is 3.87. The third kappa shape index (κ3) is 3.63. The van der Waals surface area contributed by atoms with Crippen LogP contribution in [0.1, 0.15) is 6.42 Å². The molecule has 0 aliphatic carbocycles. The molecule has 6 heteroatoms. The van der Waals surface area contributed by atoms with Crippen LogP contribution in [0.25, 0.3) is 0 Å². The number of amides is 1. The van der Waals surface area contributed by atoms with Gasteiger partial charge in [-0.25, -0.2) is 0 Å². The van der Waals surface area contributed by atoms with Crippen molar-refractivity contribution >= 4 is 28.9 Å². The van der Waals surface area contributed by atoms with E-state index < -0.39 is 0 Å². The number of anilines is 2. The van der Waals surface area contributed by atoms with Crippen LogP contribution >= 0.6 is 11.6 Å². The van der Waals surface area contributed by atoms with E-state index in [9.17, 15) is 4.79 Å². The van der Waals surface area contributed by atoms with E-state index in [0.717, 1.165) is 23.5 Å². The Kier molecular flexibility index (Phi) is 5.23. The highest BCUT2D eigenvalue weighted by atomic mass is 35.5. The predicted octanol–water partition coefficient (Wildman–Crippen LogP) is 2.89. The predicted molar refractivity (Wildman–Crippen MR) is 96.8 cm³/mol. The fourth-order valence-electron chi connectivity index (χ4n) is 2.75. The number of ether oxygens (including phenoxy) is 1. The molecule has 0 saturated carbocycles. The highest BCUT2D eigenvalue weighted by Crippen LogP contribution is 2.30. The molecule has 1 aliphatic heterocycles. The van der Waals surface area contributed by atoms with E-state index in [1.807, 2.05) is 42.5 Å². The van der Waals surface area contributed by atoms with Crippen LogP contribution in [0.5, 0.6) is 5.75 Å². The van der Waals surface area contributed by atoms with Crippen LogP contribution in [0.4, 0.5) is 11.4 Å². The lowest BCUT2D eigenvalue weighted by Gasteiger charge is -2.19.